The Morgan fingerprint density at radius 2 is 1.29 bits per heavy atom. The summed E-state index contributed by atoms with van der Waals surface area (Å²) < 4.78 is 177. The molecule has 38 heavy (non-hydrogen) atoms. The minimum absolute atomic E-state index is 0.332. The monoisotopic (exact) mass is 583 g/mol. The third-order valence-corrected chi connectivity index (χ3v) is 5.16. The largest absolute Gasteiger partial charge is 0.460 e. The highest BCUT2D eigenvalue weighted by Crippen LogP contribution is 2.60. The van der Waals surface area contributed by atoms with Crippen molar-refractivity contribution in [2.45, 2.75) is 87.1 Å². The second-order valence-corrected chi connectivity index (χ2v) is 8.50. The normalized spacial score (nSPS) is 15.8. The Balaban J connectivity index is 3.20. The Labute approximate surface area is 207 Å². The van der Waals surface area contributed by atoms with Gasteiger partial charge in [0.1, 0.15) is 0 Å². The van der Waals surface area contributed by atoms with Gasteiger partial charge < -0.3 is 15.2 Å². The van der Waals surface area contributed by atoms with Crippen molar-refractivity contribution in [2.75, 3.05) is 0 Å². The first-order valence-corrected chi connectivity index (χ1v) is 10.6. The van der Waals surface area contributed by atoms with E-state index in [0.717, 1.165) is 0 Å². The maximum Gasteiger partial charge on any atom is 0.460 e. The third kappa shape index (κ3) is 6.75. The predicted octanol–water partition coefficient (Wildman–Crippen LogP) is 6.61. The van der Waals surface area contributed by atoms with E-state index in [-0.39, 0.29) is 6.42 Å². The van der Waals surface area contributed by atoms with Crippen molar-refractivity contribution in [2.24, 2.45) is 0 Å². The molecule has 17 heteroatoms. The van der Waals surface area contributed by atoms with E-state index in [0.29, 0.717) is 5.56 Å². The van der Waals surface area contributed by atoms with E-state index in [1.54, 1.807) is 0 Å². The number of carbonyl (C=O) groups is 1. The summed E-state index contributed by atoms with van der Waals surface area (Å²) in [5.41, 5.74) is 0.332. The lowest BCUT2D eigenvalue weighted by Crippen LogP contribution is -2.70. The molecule has 0 aliphatic rings. The summed E-state index contributed by atoms with van der Waals surface area (Å²) in [5.74, 6) is -37.5. The van der Waals surface area contributed by atoms with Crippen molar-refractivity contribution < 1.29 is 71.7 Å². The highest BCUT2D eigenvalue weighted by Gasteiger charge is 2.90. The summed E-state index contributed by atoms with van der Waals surface area (Å²) in [6, 6.07) is 5.71. The van der Waals surface area contributed by atoms with Crippen LogP contribution in [0.25, 0.3) is 0 Å². The Kier molecular flexibility index (Phi) is 10.0. The van der Waals surface area contributed by atoms with E-state index >= 15 is 0 Å². The van der Waals surface area contributed by atoms with Crippen LogP contribution in [0.3, 0.4) is 0 Å². The Morgan fingerprint density at radius 3 is 1.74 bits per heavy atom. The fourth-order valence-corrected chi connectivity index (χ4v) is 3.04. The minimum atomic E-state index is -8.00. The van der Waals surface area contributed by atoms with Gasteiger partial charge in [0.15, 0.2) is 0 Å². The zero-order valence-electron chi connectivity index (χ0n) is 19.4. The molecule has 1 aromatic rings. The number of hydrogen-bond donors (Lipinski definition) is 2. The van der Waals surface area contributed by atoms with E-state index in [1.807, 2.05) is 5.32 Å². The lowest BCUT2D eigenvalue weighted by molar-refractivity contribution is -0.440. The van der Waals surface area contributed by atoms with Gasteiger partial charge >= 0.3 is 41.9 Å². The van der Waals surface area contributed by atoms with E-state index in [1.165, 1.54) is 44.2 Å². The maximum absolute atomic E-state index is 14.1. The molecule has 0 aliphatic heterocycles. The number of alkyl carbamates (subject to hydrolysis) is 1. The molecule has 0 aromatic heterocycles. The number of hydrogen-bond acceptors (Lipinski definition) is 3. The summed E-state index contributed by atoms with van der Waals surface area (Å²) >= 11 is 0. The lowest BCUT2D eigenvalue weighted by atomic mass is 9.90. The van der Waals surface area contributed by atoms with Crippen LogP contribution in [0.5, 0.6) is 0 Å². The first kappa shape index (κ1) is 33.6. The number of benzene rings is 1. The molecule has 2 atom stereocenters. The molecule has 0 saturated heterocycles. The number of rotatable bonds is 12. The summed E-state index contributed by atoms with van der Waals surface area (Å²) in [6.07, 6.45) is -16.3. The van der Waals surface area contributed by atoms with E-state index < -0.39 is 73.0 Å². The van der Waals surface area contributed by atoms with Gasteiger partial charge in [0, 0.05) is 6.42 Å². The summed E-state index contributed by atoms with van der Waals surface area (Å²) in [7, 11) is 0. The molecule has 0 fully saturated rings. The third-order valence-electron chi connectivity index (χ3n) is 5.16. The Morgan fingerprint density at radius 1 is 0.816 bits per heavy atom. The van der Waals surface area contributed by atoms with Crippen molar-refractivity contribution in [1.29, 1.82) is 0 Å². The standard InChI is InChI=1S/C21H22F13NO3/c1-11(2)38-15(37)35-13(10-12-6-4-3-5-7-12)14(36)8-9-16(22,23)17(24,25)18(26,27)19(28,29)20(30,31)21(32,33)34/h3-7,11,13-14,36H,8-10H2,1-2H3,(H,35,37)/t13-,14+/m0/s1. The van der Waals surface area contributed by atoms with Crippen LogP contribution in [0.1, 0.15) is 32.3 Å². The predicted molar refractivity (Wildman–Crippen MR) is 105 cm³/mol. The number of carbonyl (C=O) groups excluding carboxylic acids is 1. The zero-order chi connectivity index (χ0) is 30.0. The quantitative estimate of drug-likeness (QED) is 0.273. The number of amides is 1. The molecule has 2 N–H and O–H groups in total. The fourth-order valence-electron chi connectivity index (χ4n) is 3.04. The molecular formula is C21H22F13NO3. The zero-order valence-corrected chi connectivity index (χ0v) is 19.4. The first-order chi connectivity index (χ1) is 16.9. The van der Waals surface area contributed by atoms with Gasteiger partial charge in [-0.15, -0.1) is 0 Å². The molecule has 220 valence electrons. The van der Waals surface area contributed by atoms with Gasteiger partial charge in [-0.05, 0) is 32.3 Å². The Bertz CT molecular complexity index is 921. The van der Waals surface area contributed by atoms with E-state index in [4.69, 9.17) is 4.74 Å². The first-order valence-electron chi connectivity index (χ1n) is 10.6. The highest BCUT2D eigenvalue weighted by atomic mass is 19.4. The maximum atomic E-state index is 14.1. The van der Waals surface area contributed by atoms with E-state index in [9.17, 15) is 67.0 Å². The average molecular weight is 583 g/mol. The second kappa shape index (κ2) is 11.3. The minimum Gasteiger partial charge on any atom is -0.447 e. The SMILES string of the molecule is CC(C)OC(=O)N[C@@H](Cc1ccccc1)[C@H](O)CCC(F)(F)C(F)(F)C(F)(F)C(F)(F)C(F)(F)C(F)(F)F. The van der Waals surface area contributed by atoms with Crippen LogP contribution in [0.2, 0.25) is 0 Å². The molecule has 0 aliphatic carbocycles. The summed E-state index contributed by atoms with van der Waals surface area (Å²) in [6.45, 7) is 2.78. The van der Waals surface area contributed by atoms with Crippen LogP contribution in [0, 0.1) is 0 Å². The number of aliphatic hydroxyl groups excluding tert-OH is 1. The molecule has 0 unspecified atom stereocenters. The number of nitrogens with one attached hydrogen (secondary N) is 1. The molecule has 0 bridgehead atoms. The molecule has 1 aromatic carbocycles. The van der Waals surface area contributed by atoms with Crippen LogP contribution < -0.4 is 5.32 Å². The summed E-state index contributed by atoms with van der Waals surface area (Å²) in [5, 5.41) is 12.3. The number of aliphatic hydroxyl groups is 1. The molecule has 0 saturated carbocycles. The topological polar surface area (TPSA) is 58.6 Å². The fraction of sp³-hybridized carbons (Fsp3) is 0.667. The highest BCUT2D eigenvalue weighted by molar-refractivity contribution is 5.67. The van der Waals surface area contributed by atoms with Crippen molar-refractivity contribution in [1.82, 2.24) is 5.32 Å². The lowest BCUT2D eigenvalue weighted by Gasteiger charge is -2.40. The number of ether oxygens (including phenoxy) is 1. The molecule has 1 rings (SSSR count). The molecule has 0 radical (unpaired) electrons. The van der Waals surface area contributed by atoms with Gasteiger partial charge in [-0.25, -0.2) is 4.79 Å². The van der Waals surface area contributed by atoms with Gasteiger partial charge in [0.25, 0.3) is 0 Å². The molecule has 0 spiro atoms. The van der Waals surface area contributed by atoms with Crippen LogP contribution in [0.15, 0.2) is 30.3 Å². The number of alkyl halides is 13. The van der Waals surface area contributed by atoms with Crippen molar-refractivity contribution in [3.63, 3.8) is 0 Å². The molecule has 4 nitrogen and oxygen atoms in total. The molecular weight excluding hydrogens is 561 g/mol. The van der Waals surface area contributed by atoms with Gasteiger partial charge in [0.05, 0.1) is 18.2 Å². The molecule has 0 heterocycles. The van der Waals surface area contributed by atoms with E-state index in [2.05, 4.69) is 0 Å². The van der Waals surface area contributed by atoms with Crippen molar-refractivity contribution >= 4 is 6.09 Å². The molecule has 1 amide bonds. The van der Waals surface area contributed by atoms with Gasteiger partial charge in [-0.3, -0.25) is 0 Å². The van der Waals surface area contributed by atoms with Crippen LogP contribution >= 0.6 is 0 Å². The summed E-state index contributed by atoms with van der Waals surface area (Å²) in [4.78, 5) is 11.9. The second-order valence-electron chi connectivity index (χ2n) is 8.50. The van der Waals surface area contributed by atoms with Crippen LogP contribution in [-0.2, 0) is 11.2 Å². The van der Waals surface area contributed by atoms with Crippen LogP contribution in [-0.4, -0.2) is 65.2 Å². The van der Waals surface area contributed by atoms with Crippen molar-refractivity contribution in [3.8, 4) is 0 Å². The van der Waals surface area contributed by atoms with Gasteiger partial charge in [0.2, 0.25) is 0 Å². The van der Waals surface area contributed by atoms with Crippen molar-refractivity contribution in [3.05, 3.63) is 35.9 Å². The number of halogens is 13. The van der Waals surface area contributed by atoms with Crippen LogP contribution in [0.4, 0.5) is 61.9 Å². The smallest absolute Gasteiger partial charge is 0.447 e. The van der Waals surface area contributed by atoms with Gasteiger partial charge in [-0.2, -0.15) is 57.1 Å². The average Bonchev–Trinajstić information content (AvgIpc) is 2.75. The Hall–Kier alpha value is -2.46. The van der Waals surface area contributed by atoms with Gasteiger partial charge in [-0.1, -0.05) is 30.3 Å².